The summed E-state index contributed by atoms with van der Waals surface area (Å²) < 4.78 is 62.9. The largest absolute Gasteiger partial charge is 0.379 e. The summed E-state index contributed by atoms with van der Waals surface area (Å²) in [4.78, 5) is 12.8. The summed E-state index contributed by atoms with van der Waals surface area (Å²) in [6.07, 6.45) is 0. The third kappa shape index (κ3) is 7.72. The molecule has 0 unspecified atom stereocenters. The Morgan fingerprint density at radius 1 is 0.458 bits per heavy atom. The second-order valence-corrected chi connectivity index (χ2v) is 13.6. The lowest BCUT2D eigenvalue weighted by atomic mass is 10.1. The first-order valence-electron chi connectivity index (χ1n) is 14.6. The summed E-state index contributed by atoms with van der Waals surface area (Å²) >= 11 is 0. The van der Waals surface area contributed by atoms with Crippen LogP contribution in [0.2, 0.25) is 0 Å². The predicted octanol–water partition coefficient (Wildman–Crippen LogP) is 8.20. The molecule has 6 rings (SSSR count). The first-order valence-corrected chi connectivity index (χ1v) is 17.4. The highest BCUT2D eigenvalue weighted by Crippen LogP contribution is 2.30. The maximum Gasteiger partial charge on any atom is 0.339 e. The van der Waals surface area contributed by atoms with Gasteiger partial charge >= 0.3 is 26.3 Å². The Hall–Kier alpha value is -5.91. The number of rotatable bonds is 10. The second kappa shape index (κ2) is 13.8. The maximum atomic E-state index is 13.1. The molecule has 0 saturated heterocycles. The number of urea groups is 1. The number of benzene rings is 6. The molecular weight excluding hydrogens is 649 g/mol. The Bertz CT molecular complexity index is 2260. The van der Waals surface area contributed by atoms with Crippen LogP contribution in [0.25, 0.3) is 22.3 Å². The van der Waals surface area contributed by atoms with Crippen molar-refractivity contribution >= 4 is 37.6 Å². The molecule has 0 bridgehead atoms. The first kappa shape index (κ1) is 32.0. The van der Waals surface area contributed by atoms with Gasteiger partial charge in [0.1, 0.15) is 15.5 Å². The van der Waals surface area contributed by atoms with Gasteiger partial charge in [0.25, 0.3) is 0 Å². The smallest absolute Gasteiger partial charge is 0.339 e. The minimum absolute atomic E-state index is 0.0203. The van der Waals surface area contributed by atoms with Crippen LogP contribution in [-0.2, 0) is 20.2 Å². The molecule has 0 fully saturated rings. The van der Waals surface area contributed by atoms with Crippen LogP contribution in [0.4, 0.5) is 16.2 Å². The van der Waals surface area contributed by atoms with E-state index in [9.17, 15) is 21.6 Å². The zero-order valence-electron chi connectivity index (χ0n) is 25.2. The average Bonchev–Trinajstić information content (AvgIpc) is 3.10. The maximum absolute atomic E-state index is 13.1. The molecule has 6 aromatic carbocycles. The van der Waals surface area contributed by atoms with Crippen LogP contribution in [0.15, 0.2) is 168 Å². The van der Waals surface area contributed by atoms with E-state index < -0.39 is 26.3 Å². The predicted molar refractivity (Wildman–Crippen MR) is 185 cm³/mol. The van der Waals surface area contributed by atoms with E-state index in [0.29, 0.717) is 0 Å². The van der Waals surface area contributed by atoms with E-state index in [-0.39, 0.29) is 32.7 Å². The summed E-state index contributed by atoms with van der Waals surface area (Å²) in [5.41, 5.74) is 3.91. The Morgan fingerprint density at radius 2 is 0.938 bits per heavy atom. The van der Waals surface area contributed by atoms with Gasteiger partial charge in [0.05, 0.1) is 5.69 Å². The molecule has 9 nitrogen and oxygen atoms in total. The van der Waals surface area contributed by atoms with Crippen LogP contribution in [0.1, 0.15) is 0 Å². The molecule has 2 N–H and O–H groups in total. The number of anilines is 2. The van der Waals surface area contributed by atoms with Crippen molar-refractivity contribution in [2.24, 2.45) is 0 Å². The van der Waals surface area contributed by atoms with Crippen LogP contribution in [0, 0.1) is 0 Å². The van der Waals surface area contributed by atoms with E-state index in [1.807, 2.05) is 60.7 Å². The molecule has 0 aromatic heterocycles. The standard InChI is InChI=1S/C37H28N2O7S2/c40-37(38-31-14-9-15-32(26-31)45-47(41,42)33-22-18-29(19-23-33)27-10-3-1-4-11-27)39-35-16-7-8-17-36(35)46-48(43,44)34-24-20-30(21-25-34)28-12-5-2-6-13-28/h1-26H,(H2,38,39,40). The van der Waals surface area contributed by atoms with Crippen molar-refractivity contribution in [2.75, 3.05) is 10.6 Å². The molecule has 0 spiro atoms. The van der Waals surface area contributed by atoms with Gasteiger partial charge < -0.3 is 19.0 Å². The molecular formula is C37H28N2O7S2. The van der Waals surface area contributed by atoms with Crippen molar-refractivity contribution < 1.29 is 30.0 Å². The van der Waals surface area contributed by atoms with Gasteiger partial charge in [-0.2, -0.15) is 16.8 Å². The average molecular weight is 677 g/mol. The molecule has 2 amide bonds. The number of amides is 2. The number of nitrogens with one attached hydrogen (secondary N) is 2. The van der Waals surface area contributed by atoms with Gasteiger partial charge in [-0.15, -0.1) is 0 Å². The Labute approximate surface area is 278 Å². The molecule has 0 saturated carbocycles. The first-order chi connectivity index (χ1) is 23.2. The number of hydrogen-bond acceptors (Lipinski definition) is 7. The molecule has 0 heterocycles. The molecule has 0 aliphatic heterocycles. The zero-order valence-corrected chi connectivity index (χ0v) is 26.8. The molecule has 11 heteroatoms. The molecule has 0 atom stereocenters. The van der Waals surface area contributed by atoms with E-state index in [0.717, 1.165) is 22.3 Å². The van der Waals surface area contributed by atoms with Crippen LogP contribution < -0.4 is 19.0 Å². The third-order valence-corrected chi connectivity index (χ3v) is 9.64. The minimum atomic E-state index is -4.24. The second-order valence-electron chi connectivity index (χ2n) is 10.5. The summed E-state index contributed by atoms with van der Waals surface area (Å²) in [6.45, 7) is 0. The van der Waals surface area contributed by atoms with Crippen LogP contribution >= 0.6 is 0 Å². The molecule has 0 aliphatic rings. The molecule has 240 valence electrons. The number of para-hydroxylation sites is 2. The monoisotopic (exact) mass is 676 g/mol. The van der Waals surface area contributed by atoms with Crippen molar-refractivity contribution in [1.82, 2.24) is 0 Å². The molecule has 6 aromatic rings. The van der Waals surface area contributed by atoms with Crippen LogP contribution in [0.3, 0.4) is 0 Å². The lowest BCUT2D eigenvalue weighted by Gasteiger charge is -2.14. The normalized spacial score (nSPS) is 11.3. The summed E-state index contributed by atoms with van der Waals surface area (Å²) in [7, 11) is -8.41. The highest BCUT2D eigenvalue weighted by atomic mass is 32.2. The van der Waals surface area contributed by atoms with Gasteiger partial charge in [-0.3, -0.25) is 0 Å². The van der Waals surface area contributed by atoms with Crippen molar-refractivity contribution in [3.05, 3.63) is 158 Å². The van der Waals surface area contributed by atoms with Gasteiger partial charge in [-0.25, -0.2) is 4.79 Å². The van der Waals surface area contributed by atoms with Gasteiger partial charge in [0, 0.05) is 11.8 Å². The van der Waals surface area contributed by atoms with Gasteiger partial charge in [0.15, 0.2) is 5.75 Å². The van der Waals surface area contributed by atoms with Crippen molar-refractivity contribution in [3.63, 3.8) is 0 Å². The number of hydrogen-bond donors (Lipinski definition) is 2. The van der Waals surface area contributed by atoms with E-state index in [2.05, 4.69) is 10.6 Å². The fourth-order valence-corrected chi connectivity index (χ4v) is 6.65. The van der Waals surface area contributed by atoms with E-state index in [1.54, 1.807) is 42.5 Å². The fourth-order valence-electron chi connectivity index (χ4n) is 4.78. The topological polar surface area (TPSA) is 128 Å². The van der Waals surface area contributed by atoms with E-state index >= 15 is 0 Å². The molecule has 48 heavy (non-hydrogen) atoms. The van der Waals surface area contributed by atoms with Crippen LogP contribution in [0.5, 0.6) is 11.5 Å². The van der Waals surface area contributed by atoms with Crippen molar-refractivity contribution in [2.45, 2.75) is 9.79 Å². The van der Waals surface area contributed by atoms with E-state index in [4.69, 9.17) is 8.37 Å². The minimum Gasteiger partial charge on any atom is -0.379 e. The lowest BCUT2D eigenvalue weighted by Crippen LogP contribution is -2.20. The quantitative estimate of drug-likeness (QED) is 0.140. The van der Waals surface area contributed by atoms with Crippen molar-refractivity contribution in [3.8, 4) is 33.8 Å². The summed E-state index contributed by atoms with van der Waals surface area (Å²) in [6, 6.07) is 42.9. The number of carbonyl (C=O) groups excluding carboxylic acids is 1. The van der Waals surface area contributed by atoms with E-state index in [1.165, 1.54) is 54.6 Å². The fraction of sp³-hybridized carbons (Fsp3) is 0. The lowest BCUT2D eigenvalue weighted by molar-refractivity contribution is 0.262. The zero-order chi connectivity index (χ0) is 33.6. The third-order valence-electron chi connectivity index (χ3n) is 7.13. The highest BCUT2D eigenvalue weighted by molar-refractivity contribution is 7.87. The van der Waals surface area contributed by atoms with Crippen LogP contribution in [-0.4, -0.2) is 22.9 Å². The molecule has 0 radical (unpaired) electrons. The Balaban J connectivity index is 1.11. The Morgan fingerprint density at radius 3 is 1.50 bits per heavy atom. The number of carbonyl (C=O) groups is 1. The Kier molecular flexibility index (Phi) is 9.24. The van der Waals surface area contributed by atoms with Gasteiger partial charge in [-0.1, -0.05) is 103 Å². The summed E-state index contributed by atoms with van der Waals surface area (Å²) in [5, 5.41) is 5.17. The van der Waals surface area contributed by atoms with Crippen molar-refractivity contribution in [1.29, 1.82) is 0 Å². The SMILES string of the molecule is O=C(Nc1cccc(OS(=O)(=O)c2ccc(-c3ccccc3)cc2)c1)Nc1ccccc1OS(=O)(=O)c1ccc(-c2ccccc2)cc1. The summed E-state index contributed by atoms with van der Waals surface area (Å²) in [5.74, 6) is -0.116. The highest BCUT2D eigenvalue weighted by Gasteiger charge is 2.20. The molecule has 0 aliphatic carbocycles. The van der Waals surface area contributed by atoms with Gasteiger partial charge in [0.2, 0.25) is 0 Å². The van der Waals surface area contributed by atoms with Gasteiger partial charge in [-0.05, 0) is 70.8 Å².